The minimum atomic E-state index is -0.183. The molecule has 0 saturated carbocycles. The van der Waals surface area contributed by atoms with Crippen molar-refractivity contribution in [1.29, 1.82) is 0 Å². The maximum Gasteiger partial charge on any atom is 0.261 e. The summed E-state index contributed by atoms with van der Waals surface area (Å²) < 4.78 is 2.61. The van der Waals surface area contributed by atoms with E-state index in [1.807, 2.05) is 43.3 Å². The average molecular weight is 397 g/mol. The number of halogens is 1. The van der Waals surface area contributed by atoms with Crippen molar-refractivity contribution in [3.8, 4) is 0 Å². The Morgan fingerprint density at radius 2 is 1.85 bits per heavy atom. The summed E-state index contributed by atoms with van der Waals surface area (Å²) in [4.78, 5) is 26.0. The van der Waals surface area contributed by atoms with E-state index in [2.05, 4.69) is 5.32 Å². The van der Waals surface area contributed by atoms with Crippen LogP contribution in [0.4, 0.5) is 0 Å². The van der Waals surface area contributed by atoms with Crippen LogP contribution >= 0.6 is 22.9 Å². The molecule has 27 heavy (non-hydrogen) atoms. The van der Waals surface area contributed by atoms with Gasteiger partial charge in [0, 0.05) is 28.2 Å². The molecule has 0 aliphatic heterocycles. The molecule has 2 aromatic carbocycles. The van der Waals surface area contributed by atoms with Gasteiger partial charge in [-0.1, -0.05) is 41.9 Å². The molecule has 2 heterocycles. The van der Waals surface area contributed by atoms with E-state index in [0.717, 1.165) is 21.2 Å². The van der Waals surface area contributed by atoms with Crippen LogP contribution in [0.1, 0.15) is 22.2 Å². The van der Waals surface area contributed by atoms with E-state index < -0.39 is 0 Å². The Bertz CT molecular complexity index is 1210. The summed E-state index contributed by atoms with van der Waals surface area (Å²) in [5.74, 6) is -0.183. The van der Waals surface area contributed by atoms with Crippen LogP contribution in [-0.4, -0.2) is 10.5 Å². The van der Waals surface area contributed by atoms with E-state index >= 15 is 0 Å². The zero-order chi connectivity index (χ0) is 19.0. The molecule has 0 bridgehead atoms. The molecule has 0 saturated heterocycles. The van der Waals surface area contributed by atoms with E-state index in [1.54, 1.807) is 22.8 Å². The Balaban J connectivity index is 1.71. The lowest BCUT2D eigenvalue weighted by Gasteiger charge is -2.08. The van der Waals surface area contributed by atoms with Crippen LogP contribution in [0.25, 0.3) is 21.0 Å². The van der Waals surface area contributed by atoms with Gasteiger partial charge in [-0.2, -0.15) is 0 Å². The molecule has 0 aliphatic carbocycles. The first-order valence-corrected chi connectivity index (χ1v) is 9.85. The first-order valence-electron chi connectivity index (χ1n) is 8.66. The van der Waals surface area contributed by atoms with Gasteiger partial charge in [-0.05, 0) is 36.8 Å². The largest absolute Gasteiger partial charge is 0.347 e. The fourth-order valence-corrected chi connectivity index (χ4v) is 4.43. The highest BCUT2D eigenvalue weighted by atomic mass is 35.5. The van der Waals surface area contributed by atoms with Gasteiger partial charge >= 0.3 is 0 Å². The molecule has 4 aromatic rings. The fraction of sp³-hybridized carbons (Fsp3) is 0.143. The Hall–Kier alpha value is -2.63. The molecule has 2 aromatic heterocycles. The number of thiophene rings is 1. The molecule has 136 valence electrons. The molecule has 4 nitrogen and oxygen atoms in total. The van der Waals surface area contributed by atoms with Crippen LogP contribution in [0.5, 0.6) is 0 Å². The number of benzene rings is 2. The van der Waals surface area contributed by atoms with Gasteiger partial charge in [0.25, 0.3) is 11.5 Å². The van der Waals surface area contributed by atoms with Gasteiger partial charge in [-0.3, -0.25) is 9.59 Å². The van der Waals surface area contributed by atoms with Crippen LogP contribution in [0.3, 0.4) is 0 Å². The van der Waals surface area contributed by atoms with E-state index in [0.29, 0.717) is 28.4 Å². The van der Waals surface area contributed by atoms with E-state index in [4.69, 9.17) is 11.6 Å². The first kappa shape index (κ1) is 17.8. The van der Waals surface area contributed by atoms with Crippen molar-refractivity contribution in [3.63, 3.8) is 0 Å². The Morgan fingerprint density at radius 3 is 2.59 bits per heavy atom. The van der Waals surface area contributed by atoms with Gasteiger partial charge in [0.15, 0.2) is 0 Å². The summed E-state index contributed by atoms with van der Waals surface area (Å²) >= 11 is 7.24. The van der Waals surface area contributed by atoms with Crippen molar-refractivity contribution in [2.75, 3.05) is 0 Å². The van der Waals surface area contributed by atoms with Crippen LogP contribution in [0, 0.1) is 0 Å². The van der Waals surface area contributed by atoms with Gasteiger partial charge in [0.1, 0.15) is 0 Å². The standard InChI is InChI=1S/C21H17ClN2O2S/c1-2-24-17-6-4-3-5-15(17)19-16(21(24)26)11-18(27-19)20(25)23-12-13-7-9-14(22)10-8-13/h3-11H,2,12H2,1H3,(H,23,25). The number of hydrogen-bond donors (Lipinski definition) is 1. The molecule has 0 unspecified atom stereocenters. The Morgan fingerprint density at radius 1 is 1.11 bits per heavy atom. The molecular formula is C21H17ClN2O2S. The van der Waals surface area contributed by atoms with Crippen molar-refractivity contribution in [2.45, 2.75) is 20.0 Å². The second-order valence-corrected chi connectivity index (χ2v) is 7.72. The molecule has 6 heteroatoms. The van der Waals surface area contributed by atoms with Gasteiger partial charge < -0.3 is 9.88 Å². The number of fused-ring (bicyclic) bond motifs is 3. The number of amides is 1. The van der Waals surface area contributed by atoms with Crippen molar-refractivity contribution < 1.29 is 4.79 Å². The minimum Gasteiger partial charge on any atom is -0.347 e. The summed E-state index contributed by atoms with van der Waals surface area (Å²) in [6, 6.07) is 16.9. The highest BCUT2D eigenvalue weighted by molar-refractivity contribution is 7.21. The molecule has 0 fully saturated rings. The summed E-state index contributed by atoms with van der Waals surface area (Å²) in [5.41, 5.74) is 1.80. The number of aromatic nitrogens is 1. The van der Waals surface area contributed by atoms with Gasteiger partial charge in [0.05, 0.1) is 15.8 Å². The lowest BCUT2D eigenvalue weighted by atomic mass is 10.1. The van der Waals surface area contributed by atoms with Gasteiger partial charge in [-0.15, -0.1) is 11.3 Å². The summed E-state index contributed by atoms with van der Waals surface area (Å²) in [6.07, 6.45) is 0. The number of rotatable bonds is 4. The lowest BCUT2D eigenvalue weighted by molar-refractivity contribution is 0.0955. The third kappa shape index (κ3) is 3.24. The Labute approximate surface area is 165 Å². The van der Waals surface area contributed by atoms with Crippen molar-refractivity contribution >= 4 is 49.8 Å². The van der Waals surface area contributed by atoms with Crippen molar-refractivity contribution in [1.82, 2.24) is 9.88 Å². The van der Waals surface area contributed by atoms with Gasteiger partial charge in [-0.25, -0.2) is 0 Å². The predicted molar refractivity (Wildman–Crippen MR) is 112 cm³/mol. The van der Waals surface area contributed by atoms with Crippen LogP contribution in [0.2, 0.25) is 5.02 Å². The lowest BCUT2D eigenvalue weighted by Crippen LogP contribution is -2.22. The van der Waals surface area contributed by atoms with Gasteiger partial charge in [0.2, 0.25) is 0 Å². The molecule has 4 rings (SSSR count). The van der Waals surface area contributed by atoms with Crippen molar-refractivity contribution in [2.24, 2.45) is 0 Å². The normalized spacial score (nSPS) is 11.2. The van der Waals surface area contributed by atoms with Crippen LogP contribution in [-0.2, 0) is 13.1 Å². The number of nitrogens with one attached hydrogen (secondary N) is 1. The molecule has 0 radical (unpaired) electrons. The topological polar surface area (TPSA) is 51.1 Å². The quantitative estimate of drug-likeness (QED) is 0.537. The minimum absolute atomic E-state index is 0.0563. The average Bonchev–Trinajstić information content (AvgIpc) is 3.14. The monoisotopic (exact) mass is 396 g/mol. The smallest absolute Gasteiger partial charge is 0.261 e. The number of carbonyl (C=O) groups is 1. The second-order valence-electron chi connectivity index (χ2n) is 6.23. The number of pyridine rings is 1. The zero-order valence-electron chi connectivity index (χ0n) is 14.7. The third-order valence-corrected chi connectivity index (χ3v) is 5.97. The van der Waals surface area contributed by atoms with Crippen molar-refractivity contribution in [3.05, 3.63) is 80.4 Å². The number of aryl methyl sites for hydroxylation is 1. The number of hydrogen-bond acceptors (Lipinski definition) is 3. The number of carbonyl (C=O) groups excluding carboxylic acids is 1. The molecular weight excluding hydrogens is 380 g/mol. The van der Waals surface area contributed by atoms with E-state index in [-0.39, 0.29) is 11.5 Å². The predicted octanol–water partition coefficient (Wildman–Crippen LogP) is 4.82. The van der Waals surface area contributed by atoms with Crippen LogP contribution in [0.15, 0.2) is 59.4 Å². The fourth-order valence-electron chi connectivity index (χ4n) is 3.20. The molecule has 0 atom stereocenters. The molecule has 1 amide bonds. The maximum atomic E-state index is 12.8. The SMILES string of the molecule is CCn1c(=O)c2cc(C(=O)NCc3ccc(Cl)cc3)sc2c2ccccc21. The molecule has 0 aliphatic rings. The zero-order valence-corrected chi connectivity index (χ0v) is 16.2. The van der Waals surface area contributed by atoms with E-state index in [9.17, 15) is 9.59 Å². The van der Waals surface area contributed by atoms with Crippen LogP contribution < -0.4 is 10.9 Å². The summed E-state index contributed by atoms with van der Waals surface area (Å²) in [7, 11) is 0. The number of para-hydroxylation sites is 1. The summed E-state index contributed by atoms with van der Waals surface area (Å²) in [6.45, 7) is 2.94. The first-order chi connectivity index (χ1) is 13.1. The second kappa shape index (κ2) is 7.18. The maximum absolute atomic E-state index is 12.8. The number of nitrogens with zero attached hydrogens (tertiary/aromatic N) is 1. The summed E-state index contributed by atoms with van der Waals surface area (Å²) in [5, 5.41) is 5.16. The molecule has 1 N–H and O–H groups in total. The van der Waals surface area contributed by atoms with E-state index in [1.165, 1.54) is 11.3 Å². The molecule has 0 spiro atoms. The highest BCUT2D eigenvalue weighted by Gasteiger charge is 2.16. The Kier molecular flexibility index (Phi) is 4.72. The third-order valence-electron chi connectivity index (χ3n) is 4.55. The highest BCUT2D eigenvalue weighted by Crippen LogP contribution is 2.30.